The number of alkyl halides is 3. The normalized spacial score (nSPS) is 15.5. The molecule has 0 atom stereocenters. The van der Waals surface area contributed by atoms with E-state index in [-0.39, 0.29) is 16.8 Å². The third kappa shape index (κ3) is 5.08. The summed E-state index contributed by atoms with van der Waals surface area (Å²) in [6.45, 7) is 3.84. The Labute approximate surface area is 161 Å². The molecule has 0 aliphatic carbocycles. The van der Waals surface area contributed by atoms with Gasteiger partial charge in [0.2, 0.25) is 0 Å². The summed E-state index contributed by atoms with van der Waals surface area (Å²) < 4.78 is 45.5. The molecule has 1 fully saturated rings. The first-order valence-electron chi connectivity index (χ1n) is 9.11. The topological polar surface area (TPSA) is 68.5 Å². The number of hydrogen-bond donors (Lipinski definition) is 1. The smallest absolute Gasteiger partial charge is 0.379 e. The van der Waals surface area contributed by atoms with Crippen LogP contribution in [0.25, 0.3) is 11.3 Å². The summed E-state index contributed by atoms with van der Waals surface area (Å²) in [4.78, 5) is 18.0. The molecule has 1 aromatic carbocycles. The predicted octanol–water partition coefficient (Wildman–Crippen LogP) is 3.13. The summed E-state index contributed by atoms with van der Waals surface area (Å²) in [6.07, 6.45) is -1.84. The second-order valence-electron chi connectivity index (χ2n) is 6.74. The molecule has 150 valence electrons. The molecule has 0 bridgehead atoms. The number of morpholine rings is 1. The second kappa shape index (κ2) is 8.70. The van der Waals surface area contributed by atoms with Crippen LogP contribution in [0.1, 0.15) is 27.9 Å². The fourth-order valence-electron chi connectivity index (χ4n) is 3.30. The highest BCUT2D eigenvalue weighted by molar-refractivity contribution is 5.98. The standard InChI is InChI=1S/C20H22F3N3O2/c21-20(22,23)16-12-14(3-2-6-26-7-9-28-10-8-26)11-15(13-16)18-17(19(24)27)4-1-5-25-18/h1,4-5,11-13H,2-3,6-10H2,(H2,24,27). The Morgan fingerprint density at radius 2 is 1.96 bits per heavy atom. The van der Waals surface area contributed by atoms with E-state index in [0.717, 1.165) is 38.2 Å². The van der Waals surface area contributed by atoms with Crippen molar-refractivity contribution >= 4 is 5.91 Å². The van der Waals surface area contributed by atoms with E-state index in [1.165, 1.54) is 18.3 Å². The van der Waals surface area contributed by atoms with E-state index in [2.05, 4.69) is 9.88 Å². The first-order valence-corrected chi connectivity index (χ1v) is 9.11. The van der Waals surface area contributed by atoms with Gasteiger partial charge in [0.1, 0.15) is 0 Å². The molecule has 8 heteroatoms. The first-order chi connectivity index (χ1) is 13.3. The molecular weight excluding hydrogens is 371 g/mol. The Hall–Kier alpha value is -2.45. The Bertz CT molecular complexity index is 834. The fourth-order valence-corrected chi connectivity index (χ4v) is 3.30. The summed E-state index contributed by atoms with van der Waals surface area (Å²) in [7, 11) is 0. The number of aromatic nitrogens is 1. The second-order valence-corrected chi connectivity index (χ2v) is 6.74. The van der Waals surface area contributed by atoms with Gasteiger partial charge in [0.25, 0.3) is 5.91 Å². The van der Waals surface area contributed by atoms with Gasteiger partial charge < -0.3 is 10.5 Å². The number of aryl methyl sites for hydroxylation is 1. The average molecular weight is 393 g/mol. The molecule has 1 aromatic heterocycles. The summed E-state index contributed by atoms with van der Waals surface area (Å²) in [5, 5.41) is 0. The Morgan fingerprint density at radius 1 is 1.21 bits per heavy atom. The molecule has 2 N–H and O–H groups in total. The van der Waals surface area contributed by atoms with Crippen LogP contribution in [0.5, 0.6) is 0 Å². The molecule has 0 radical (unpaired) electrons. The van der Waals surface area contributed by atoms with E-state index in [0.29, 0.717) is 25.2 Å². The van der Waals surface area contributed by atoms with Crippen molar-refractivity contribution < 1.29 is 22.7 Å². The quantitative estimate of drug-likeness (QED) is 0.819. The fraction of sp³-hybridized carbons (Fsp3) is 0.400. The lowest BCUT2D eigenvalue weighted by Crippen LogP contribution is -2.36. The van der Waals surface area contributed by atoms with Gasteiger partial charge in [-0.15, -0.1) is 0 Å². The number of primary amides is 1. The number of amides is 1. The van der Waals surface area contributed by atoms with Gasteiger partial charge in [-0.3, -0.25) is 14.7 Å². The number of pyridine rings is 1. The average Bonchev–Trinajstić information content (AvgIpc) is 2.68. The molecule has 3 rings (SSSR count). The highest BCUT2D eigenvalue weighted by atomic mass is 19.4. The number of nitrogens with two attached hydrogens (primary N) is 1. The van der Waals surface area contributed by atoms with Crippen LogP contribution in [-0.2, 0) is 17.3 Å². The lowest BCUT2D eigenvalue weighted by atomic mass is 9.97. The highest BCUT2D eigenvalue weighted by Gasteiger charge is 2.31. The van der Waals surface area contributed by atoms with E-state index in [1.807, 2.05) is 0 Å². The molecule has 0 unspecified atom stereocenters. The zero-order valence-corrected chi connectivity index (χ0v) is 15.3. The van der Waals surface area contributed by atoms with Crippen LogP contribution < -0.4 is 5.73 Å². The number of carbonyl (C=O) groups excluding carboxylic acids is 1. The van der Waals surface area contributed by atoms with Crippen molar-refractivity contribution in [3.05, 3.63) is 53.2 Å². The van der Waals surface area contributed by atoms with Gasteiger partial charge >= 0.3 is 6.18 Å². The van der Waals surface area contributed by atoms with E-state index in [1.54, 1.807) is 6.07 Å². The summed E-state index contributed by atoms with van der Waals surface area (Å²) >= 11 is 0. The number of carbonyl (C=O) groups is 1. The van der Waals surface area contributed by atoms with E-state index in [9.17, 15) is 18.0 Å². The van der Waals surface area contributed by atoms with E-state index in [4.69, 9.17) is 10.5 Å². The molecule has 1 aliphatic heterocycles. The van der Waals surface area contributed by atoms with Gasteiger partial charge in [0, 0.05) is 24.8 Å². The highest BCUT2D eigenvalue weighted by Crippen LogP contribution is 2.34. The minimum absolute atomic E-state index is 0.0982. The Kier molecular flexibility index (Phi) is 6.31. The van der Waals surface area contributed by atoms with Crippen LogP contribution in [0, 0.1) is 0 Å². The maximum Gasteiger partial charge on any atom is 0.416 e. The molecule has 2 heterocycles. The van der Waals surface area contributed by atoms with Gasteiger partial charge in [-0.05, 0) is 55.3 Å². The Balaban J connectivity index is 1.86. The number of benzene rings is 1. The van der Waals surface area contributed by atoms with Crippen molar-refractivity contribution in [3.63, 3.8) is 0 Å². The van der Waals surface area contributed by atoms with Crippen LogP contribution in [0.4, 0.5) is 13.2 Å². The number of ether oxygens (including phenoxy) is 1. The molecular formula is C20H22F3N3O2. The molecule has 28 heavy (non-hydrogen) atoms. The summed E-state index contributed by atoms with van der Waals surface area (Å²) in [6, 6.07) is 6.82. The number of hydrogen-bond acceptors (Lipinski definition) is 4. The van der Waals surface area contributed by atoms with Crippen LogP contribution in [0.3, 0.4) is 0 Å². The van der Waals surface area contributed by atoms with Crippen molar-refractivity contribution in [1.29, 1.82) is 0 Å². The SMILES string of the molecule is NC(=O)c1cccnc1-c1cc(CCCN2CCOCC2)cc(C(F)(F)F)c1. The maximum absolute atomic E-state index is 13.4. The maximum atomic E-state index is 13.4. The summed E-state index contributed by atoms with van der Waals surface area (Å²) in [5.74, 6) is -0.727. The van der Waals surface area contributed by atoms with E-state index >= 15 is 0 Å². The van der Waals surface area contributed by atoms with Gasteiger partial charge in [-0.1, -0.05) is 0 Å². The van der Waals surface area contributed by atoms with Gasteiger partial charge in [-0.2, -0.15) is 13.2 Å². The third-order valence-corrected chi connectivity index (χ3v) is 4.71. The van der Waals surface area contributed by atoms with Crippen LogP contribution in [0.2, 0.25) is 0 Å². The van der Waals surface area contributed by atoms with Gasteiger partial charge in [0.15, 0.2) is 0 Å². The molecule has 2 aromatic rings. The third-order valence-electron chi connectivity index (χ3n) is 4.71. The van der Waals surface area contributed by atoms with Crippen molar-refractivity contribution in [2.24, 2.45) is 5.73 Å². The zero-order valence-electron chi connectivity index (χ0n) is 15.3. The van der Waals surface area contributed by atoms with E-state index < -0.39 is 17.6 Å². The number of nitrogens with zero attached hydrogens (tertiary/aromatic N) is 2. The molecule has 0 saturated carbocycles. The molecule has 1 aliphatic rings. The van der Waals surface area contributed by atoms with Crippen molar-refractivity contribution in [3.8, 4) is 11.3 Å². The molecule has 5 nitrogen and oxygen atoms in total. The van der Waals surface area contributed by atoms with Crippen molar-refractivity contribution in [2.45, 2.75) is 19.0 Å². The Morgan fingerprint density at radius 3 is 2.64 bits per heavy atom. The summed E-state index contributed by atoms with van der Waals surface area (Å²) in [5.41, 5.74) is 5.66. The minimum Gasteiger partial charge on any atom is -0.379 e. The number of rotatable bonds is 6. The van der Waals surface area contributed by atoms with Gasteiger partial charge in [0.05, 0.1) is 30.0 Å². The molecule has 0 spiro atoms. The lowest BCUT2D eigenvalue weighted by molar-refractivity contribution is -0.137. The monoisotopic (exact) mass is 393 g/mol. The molecule has 1 amide bonds. The van der Waals surface area contributed by atoms with Crippen molar-refractivity contribution in [2.75, 3.05) is 32.8 Å². The van der Waals surface area contributed by atoms with Crippen LogP contribution in [0.15, 0.2) is 36.5 Å². The largest absolute Gasteiger partial charge is 0.416 e. The minimum atomic E-state index is -4.49. The first kappa shape index (κ1) is 20.3. The number of halogens is 3. The van der Waals surface area contributed by atoms with Crippen molar-refractivity contribution in [1.82, 2.24) is 9.88 Å². The molecule has 1 saturated heterocycles. The van der Waals surface area contributed by atoms with Crippen LogP contribution >= 0.6 is 0 Å². The van der Waals surface area contributed by atoms with Crippen LogP contribution in [-0.4, -0.2) is 48.6 Å². The van der Waals surface area contributed by atoms with Gasteiger partial charge in [-0.25, -0.2) is 0 Å². The zero-order chi connectivity index (χ0) is 20.1. The predicted molar refractivity (Wildman–Crippen MR) is 98.8 cm³/mol. The lowest BCUT2D eigenvalue weighted by Gasteiger charge is -2.26.